The van der Waals surface area contributed by atoms with Crippen LogP contribution in [0, 0.1) is 6.92 Å². The van der Waals surface area contributed by atoms with E-state index in [-0.39, 0.29) is 0 Å². The fourth-order valence-electron chi connectivity index (χ4n) is 1.32. The summed E-state index contributed by atoms with van der Waals surface area (Å²) in [5, 5.41) is 0. The molecule has 0 amide bonds. The summed E-state index contributed by atoms with van der Waals surface area (Å²) < 4.78 is 1.28. The van der Waals surface area contributed by atoms with Crippen LogP contribution in [0.3, 0.4) is 0 Å². The van der Waals surface area contributed by atoms with Gasteiger partial charge in [-0.3, -0.25) is 0 Å². The van der Waals surface area contributed by atoms with Gasteiger partial charge in [0.25, 0.3) is 0 Å². The van der Waals surface area contributed by atoms with Crippen molar-refractivity contribution in [2.45, 2.75) is 40.0 Å². The van der Waals surface area contributed by atoms with Crippen molar-refractivity contribution in [3.05, 3.63) is 29.3 Å². The van der Waals surface area contributed by atoms with E-state index in [1.807, 2.05) is 5.51 Å². The van der Waals surface area contributed by atoms with E-state index in [9.17, 15) is 0 Å². The molecule has 15 heavy (non-hydrogen) atoms. The van der Waals surface area contributed by atoms with Crippen LogP contribution in [0.4, 0.5) is 0 Å². The van der Waals surface area contributed by atoms with Crippen molar-refractivity contribution >= 4 is 21.6 Å². The fraction of sp³-hybridized carbons (Fsp3) is 0.462. The number of thiazole rings is 1. The normalized spacial score (nSPS) is 9.80. The Bertz CT molecular complexity index is 390. The molecule has 0 saturated carbocycles. The molecule has 0 unspecified atom stereocenters. The minimum Gasteiger partial charge on any atom is -0.245 e. The Hall–Kier alpha value is -0.890. The second-order valence-corrected chi connectivity index (χ2v) is 4.56. The molecule has 0 bridgehead atoms. The Kier molecular flexibility index (Phi) is 5.33. The lowest BCUT2D eigenvalue weighted by atomic mass is 10.2. The van der Waals surface area contributed by atoms with Gasteiger partial charge in [-0.25, -0.2) is 4.98 Å². The van der Waals surface area contributed by atoms with Gasteiger partial charge in [-0.05, 0) is 24.6 Å². The predicted octanol–water partition coefficient (Wildman–Crippen LogP) is 4.80. The highest BCUT2D eigenvalue weighted by Gasteiger charge is 1.93. The molecule has 0 saturated heterocycles. The van der Waals surface area contributed by atoms with Crippen molar-refractivity contribution < 1.29 is 0 Å². The summed E-state index contributed by atoms with van der Waals surface area (Å²) in [6.07, 6.45) is 4.08. The summed E-state index contributed by atoms with van der Waals surface area (Å²) in [5.74, 6) is 0. The monoisotopic (exact) mass is 221 g/mol. The second-order valence-electron chi connectivity index (χ2n) is 3.68. The molecule has 2 rings (SSSR count). The molecule has 0 N–H and O–H groups in total. The van der Waals surface area contributed by atoms with E-state index in [0.29, 0.717) is 0 Å². The van der Waals surface area contributed by atoms with Crippen molar-refractivity contribution in [2.75, 3.05) is 0 Å². The number of rotatable bonds is 2. The van der Waals surface area contributed by atoms with Gasteiger partial charge in [-0.2, -0.15) is 0 Å². The molecular formula is C13H19NS. The summed E-state index contributed by atoms with van der Waals surface area (Å²) in [7, 11) is 0. The number of benzene rings is 1. The SMILES string of the molecule is CCCCC.Cc1ccc2ncsc2c1. The van der Waals surface area contributed by atoms with Gasteiger partial charge in [0.05, 0.1) is 15.7 Å². The lowest BCUT2D eigenvalue weighted by molar-refractivity contribution is 0.772. The Morgan fingerprint density at radius 2 is 1.93 bits per heavy atom. The van der Waals surface area contributed by atoms with Gasteiger partial charge in [0, 0.05) is 0 Å². The molecule has 82 valence electrons. The number of fused-ring (bicyclic) bond motifs is 1. The van der Waals surface area contributed by atoms with Gasteiger partial charge in [-0.1, -0.05) is 39.2 Å². The molecule has 0 spiro atoms. The Morgan fingerprint density at radius 3 is 2.53 bits per heavy atom. The van der Waals surface area contributed by atoms with E-state index in [1.165, 1.54) is 29.5 Å². The molecule has 0 aliphatic heterocycles. The summed E-state index contributed by atoms with van der Waals surface area (Å²) in [4.78, 5) is 4.18. The molecule has 2 aromatic rings. The molecule has 1 aromatic carbocycles. The summed E-state index contributed by atoms with van der Waals surface area (Å²) in [5.41, 5.74) is 4.29. The molecule has 2 heteroatoms. The first-order chi connectivity index (χ1) is 7.27. The van der Waals surface area contributed by atoms with Gasteiger partial charge in [-0.15, -0.1) is 11.3 Å². The Morgan fingerprint density at radius 1 is 1.20 bits per heavy atom. The maximum atomic E-state index is 4.18. The largest absolute Gasteiger partial charge is 0.245 e. The van der Waals surface area contributed by atoms with Crippen LogP contribution in [0.25, 0.3) is 10.2 Å². The maximum Gasteiger partial charge on any atom is 0.0812 e. The quantitative estimate of drug-likeness (QED) is 0.709. The van der Waals surface area contributed by atoms with E-state index in [4.69, 9.17) is 0 Å². The highest BCUT2D eigenvalue weighted by atomic mass is 32.1. The van der Waals surface area contributed by atoms with Crippen LogP contribution in [0.5, 0.6) is 0 Å². The zero-order valence-corrected chi connectivity index (χ0v) is 10.6. The van der Waals surface area contributed by atoms with Crippen LogP contribution in [0.1, 0.15) is 38.7 Å². The van der Waals surface area contributed by atoms with Crippen molar-refractivity contribution in [1.82, 2.24) is 4.98 Å². The highest BCUT2D eigenvalue weighted by molar-refractivity contribution is 7.16. The van der Waals surface area contributed by atoms with Gasteiger partial charge < -0.3 is 0 Å². The smallest absolute Gasteiger partial charge is 0.0812 e. The van der Waals surface area contributed by atoms with E-state index in [1.54, 1.807) is 11.3 Å². The lowest BCUT2D eigenvalue weighted by Gasteiger charge is -1.88. The first-order valence-electron chi connectivity index (χ1n) is 5.57. The predicted molar refractivity (Wildman–Crippen MR) is 69.6 cm³/mol. The lowest BCUT2D eigenvalue weighted by Crippen LogP contribution is -1.69. The number of nitrogens with zero attached hydrogens (tertiary/aromatic N) is 1. The number of aryl methyl sites for hydroxylation is 1. The van der Waals surface area contributed by atoms with Gasteiger partial charge in [0.1, 0.15) is 0 Å². The Labute approximate surface area is 96.2 Å². The summed E-state index contributed by atoms with van der Waals surface area (Å²) >= 11 is 1.69. The van der Waals surface area contributed by atoms with Crippen LogP contribution < -0.4 is 0 Å². The number of aromatic nitrogens is 1. The minimum absolute atomic E-state index is 1.11. The van der Waals surface area contributed by atoms with Crippen LogP contribution in [0.15, 0.2) is 23.7 Å². The number of hydrogen-bond donors (Lipinski definition) is 0. The van der Waals surface area contributed by atoms with Crippen LogP contribution >= 0.6 is 11.3 Å². The second kappa shape index (κ2) is 6.57. The van der Waals surface area contributed by atoms with E-state index < -0.39 is 0 Å². The van der Waals surface area contributed by atoms with Gasteiger partial charge in [0.15, 0.2) is 0 Å². The van der Waals surface area contributed by atoms with Crippen molar-refractivity contribution in [3.63, 3.8) is 0 Å². The molecule has 1 nitrogen and oxygen atoms in total. The standard InChI is InChI=1S/C8H7NS.C5H12/c1-6-2-3-7-8(4-6)10-5-9-7;1-3-5-4-2/h2-5H,1H3;3-5H2,1-2H3. The maximum absolute atomic E-state index is 4.18. The van der Waals surface area contributed by atoms with E-state index in [2.05, 4.69) is 44.0 Å². The zero-order valence-electron chi connectivity index (χ0n) is 9.79. The number of unbranched alkanes of at least 4 members (excludes halogenated alkanes) is 2. The van der Waals surface area contributed by atoms with Crippen molar-refractivity contribution in [3.8, 4) is 0 Å². The number of hydrogen-bond acceptors (Lipinski definition) is 2. The van der Waals surface area contributed by atoms with Crippen LogP contribution in [-0.4, -0.2) is 4.98 Å². The van der Waals surface area contributed by atoms with Crippen LogP contribution in [0.2, 0.25) is 0 Å². The first-order valence-corrected chi connectivity index (χ1v) is 6.45. The van der Waals surface area contributed by atoms with Gasteiger partial charge >= 0.3 is 0 Å². The fourth-order valence-corrected chi connectivity index (χ4v) is 2.09. The molecule has 0 fully saturated rings. The minimum atomic E-state index is 1.11. The molecular weight excluding hydrogens is 202 g/mol. The third-order valence-electron chi connectivity index (χ3n) is 2.19. The molecule has 0 atom stereocenters. The van der Waals surface area contributed by atoms with E-state index in [0.717, 1.165) is 5.52 Å². The van der Waals surface area contributed by atoms with Crippen molar-refractivity contribution in [1.29, 1.82) is 0 Å². The average Bonchev–Trinajstić information content (AvgIpc) is 2.67. The molecule has 0 aliphatic carbocycles. The topological polar surface area (TPSA) is 12.9 Å². The summed E-state index contributed by atoms with van der Waals surface area (Å²) in [6.45, 7) is 6.52. The third kappa shape index (κ3) is 4.00. The third-order valence-corrected chi connectivity index (χ3v) is 2.99. The molecule has 1 aromatic heterocycles. The van der Waals surface area contributed by atoms with E-state index >= 15 is 0 Å². The molecule has 0 radical (unpaired) electrons. The van der Waals surface area contributed by atoms with Gasteiger partial charge in [0.2, 0.25) is 0 Å². The molecule has 1 heterocycles. The summed E-state index contributed by atoms with van der Waals surface area (Å²) in [6, 6.07) is 6.30. The molecule has 0 aliphatic rings. The highest BCUT2D eigenvalue weighted by Crippen LogP contribution is 2.18. The van der Waals surface area contributed by atoms with Crippen LogP contribution in [-0.2, 0) is 0 Å². The first kappa shape index (κ1) is 12.2. The van der Waals surface area contributed by atoms with Crippen molar-refractivity contribution in [2.24, 2.45) is 0 Å². The Balaban J connectivity index is 0.000000195. The zero-order chi connectivity index (χ0) is 11.1. The average molecular weight is 221 g/mol.